The molecule has 4 N–H and O–H groups in total. The molecule has 0 spiro atoms. The summed E-state index contributed by atoms with van der Waals surface area (Å²) in [6.07, 6.45) is 4.80. The van der Waals surface area contributed by atoms with E-state index in [1.165, 1.54) is 0 Å². The summed E-state index contributed by atoms with van der Waals surface area (Å²) in [6, 6.07) is 5.05. The molecule has 23 heavy (non-hydrogen) atoms. The normalized spacial score (nSPS) is 11.0. The monoisotopic (exact) mass is 337 g/mol. The van der Waals surface area contributed by atoms with Gasteiger partial charge in [-0.25, -0.2) is 4.79 Å². The highest BCUT2D eigenvalue weighted by Crippen LogP contribution is 2.19. The van der Waals surface area contributed by atoms with Crippen LogP contribution in [0, 0.1) is 12.3 Å². The van der Waals surface area contributed by atoms with Crippen molar-refractivity contribution in [1.29, 1.82) is 0 Å². The van der Waals surface area contributed by atoms with Crippen LogP contribution in [0.5, 0.6) is 0 Å². The maximum atomic E-state index is 11.8. The number of urea groups is 1. The number of nitrogens with two attached hydrogens (primary N) is 1. The van der Waals surface area contributed by atoms with E-state index in [1.807, 2.05) is 0 Å². The van der Waals surface area contributed by atoms with E-state index in [1.54, 1.807) is 24.3 Å². The van der Waals surface area contributed by atoms with Gasteiger partial charge in [0.25, 0.3) is 5.91 Å². The fourth-order valence-electron chi connectivity index (χ4n) is 1.69. The van der Waals surface area contributed by atoms with Crippen molar-refractivity contribution in [2.24, 2.45) is 5.73 Å². The van der Waals surface area contributed by atoms with Crippen LogP contribution in [0.25, 0.3) is 0 Å². The lowest BCUT2D eigenvalue weighted by atomic mass is 10.0. The van der Waals surface area contributed by atoms with Gasteiger partial charge in [0.05, 0.1) is 19.0 Å². The van der Waals surface area contributed by atoms with Crippen LogP contribution in [0.4, 0.5) is 4.79 Å². The Labute approximate surface area is 138 Å². The molecule has 7 nitrogen and oxygen atoms in total. The molecule has 0 aromatic heterocycles. The van der Waals surface area contributed by atoms with E-state index in [0.717, 1.165) is 0 Å². The summed E-state index contributed by atoms with van der Waals surface area (Å²) in [5.41, 5.74) is 5.73. The minimum absolute atomic E-state index is 0.0486. The third-order valence-corrected chi connectivity index (χ3v) is 2.96. The molecule has 1 rings (SSSR count). The molecule has 0 aliphatic rings. The van der Waals surface area contributed by atoms with Crippen molar-refractivity contribution in [3.05, 3.63) is 34.9 Å². The number of rotatable bonds is 7. The molecule has 1 atom stereocenters. The van der Waals surface area contributed by atoms with Crippen molar-refractivity contribution >= 4 is 29.5 Å². The molecule has 0 aliphatic heterocycles. The SMILES string of the molecule is C#CCNC(=O)COC(=O)C[C@H](NC(N)=O)c1ccc(Cl)cc1. The zero-order chi connectivity index (χ0) is 17.2. The van der Waals surface area contributed by atoms with E-state index in [4.69, 9.17) is 28.5 Å². The molecular weight excluding hydrogens is 322 g/mol. The molecular formula is C15H16ClN3O4. The maximum absolute atomic E-state index is 11.8. The van der Waals surface area contributed by atoms with Crippen molar-refractivity contribution in [2.75, 3.05) is 13.2 Å². The Bertz CT molecular complexity index is 610. The van der Waals surface area contributed by atoms with Gasteiger partial charge in [0, 0.05) is 5.02 Å². The van der Waals surface area contributed by atoms with Crippen molar-refractivity contribution in [1.82, 2.24) is 10.6 Å². The zero-order valence-electron chi connectivity index (χ0n) is 12.2. The van der Waals surface area contributed by atoms with E-state index in [9.17, 15) is 14.4 Å². The second-order valence-corrected chi connectivity index (χ2v) is 4.89. The fraction of sp³-hybridized carbons (Fsp3) is 0.267. The average molecular weight is 338 g/mol. The first-order valence-electron chi connectivity index (χ1n) is 6.59. The molecule has 122 valence electrons. The smallest absolute Gasteiger partial charge is 0.312 e. The second kappa shape index (κ2) is 9.33. The molecule has 0 heterocycles. The maximum Gasteiger partial charge on any atom is 0.312 e. The molecule has 1 aromatic rings. The number of primary amides is 1. The molecule has 0 fully saturated rings. The first-order valence-corrected chi connectivity index (χ1v) is 6.97. The average Bonchev–Trinajstić information content (AvgIpc) is 2.50. The van der Waals surface area contributed by atoms with Crippen LogP contribution in [0.1, 0.15) is 18.0 Å². The van der Waals surface area contributed by atoms with E-state index in [2.05, 4.69) is 16.6 Å². The van der Waals surface area contributed by atoms with Crippen molar-refractivity contribution in [3.63, 3.8) is 0 Å². The van der Waals surface area contributed by atoms with Gasteiger partial charge in [-0.2, -0.15) is 0 Å². The fourth-order valence-corrected chi connectivity index (χ4v) is 1.82. The summed E-state index contributed by atoms with van der Waals surface area (Å²) in [5.74, 6) is 1.04. The lowest BCUT2D eigenvalue weighted by Gasteiger charge is -2.17. The lowest BCUT2D eigenvalue weighted by Crippen LogP contribution is -2.35. The molecule has 3 amide bonds. The number of esters is 1. The number of hydrogen-bond acceptors (Lipinski definition) is 4. The highest BCUT2D eigenvalue weighted by molar-refractivity contribution is 6.30. The second-order valence-electron chi connectivity index (χ2n) is 4.46. The highest BCUT2D eigenvalue weighted by atomic mass is 35.5. The van der Waals surface area contributed by atoms with Gasteiger partial charge < -0.3 is 21.1 Å². The predicted molar refractivity (Wildman–Crippen MR) is 84.3 cm³/mol. The topological polar surface area (TPSA) is 111 Å². The molecule has 0 unspecified atom stereocenters. The third-order valence-electron chi connectivity index (χ3n) is 2.71. The third kappa shape index (κ3) is 7.20. The molecule has 8 heteroatoms. The minimum atomic E-state index is -0.787. The van der Waals surface area contributed by atoms with Crippen LogP contribution in [0.3, 0.4) is 0 Å². The van der Waals surface area contributed by atoms with Crippen molar-refractivity contribution in [3.8, 4) is 12.3 Å². The number of halogens is 1. The zero-order valence-corrected chi connectivity index (χ0v) is 12.9. The van der Waals surface area contributed by atoms with Crippen LogP contribution in [-0.2, 0) is 14.3 Å². The molecule has 0 saturated heterocycles. The lowest BCUT2D eigenvalue weighted by molar-refractivity contribution is -0.148. The molecule has 0 radical (unpaired) electrons. The van der Waals surface area contributed by atoms with E-state index < -0.39 is 30.6 Å². The predicted octanol–water partition coefficient (Wildman–Crippen LogP) is 0.732. The molecule has 0 saturated carbocycles. The van der Waals surface area contributed by atoms with Crippen molar-refractivity contribution in [2.45, 2.75) is 12.5 Å². The van der Waals surface area contributed by atoms with Gasteiger partial charge in [0.15, 0.2) is 6.61 Å². The van der Waals surface area contributed by atoms with Gasteiger partial charge in [-0.15, -0.1) is 6.42 Å². The quantitative estimate of drug-likeness (QED) is 0.503. The van der Waals surface area contributed by atoms with Gasteiger partial charge in [-0.05, 0) is 17.7 Å². The van der Waals surface area contributed by atoms with Gasteiger partial charge in [-0.3, -0.25) is 9.59 Å². The summed E-state index contributed by atoms with van der Waals surface area (Å²) < 4.78 is 4.82. The Kier molecular flexibility index (Phi) is 7.43. The Balaban J connectivity index is 2.61. The number of benzene rings is 1. The molecule has 0 aliphatic carbocycles. The summed E-state index contributed by atoms with van der Waals surface area (Å²) in [7, 11) is 0. The van der Waals surface area contributed by atoms with E-state index >= 15 is 0 Å². The first-order chi connectivity index (χ1) is 10.9. The number of terminal acetylenes is 1. The summed E-state index contributed by atoms with van der Waals surface area (Å²) in [4.78, 5) is 34.1. The standard InChI is InChI=1S/C15H16ClN3O4/c1-2-7-18-13(20)9-23-14(21)8-12(19-15(17)22)10-3-5-11(16)6-4-10/h1,3-6,12H,7-9H2,(H,18,20)(H3,17,19,22)/t12-/m0/s1. The largest absolute Gasteiger partial charge is 0.456 e. The first kappa shape index (κ1) is 18.3. The van der Waals surface area contributed by atoms with Gasteiger partial charge in [-0.1, -0.05) is 29.7 Å². The number of amides is 3. The summed E-state index contributed by atoms with van der Waals surface area (Å²) in [5, 5.41) is 5.30. The summed E-state index contributed by atoms with van der Waals surface area (Å²) in [6.45, 7) is -0.405. The van der Waals surface area contributed by atoms with Gasteiger partial charge in [0.1, 0.15) is 0 Å². The van der Waals surface area contributed by atoms with Crippen LogP contribution in [0.15, 0.2) is 24.3 Å². The minimum Gasteiger partial charge on any atom is -0.456 e. The summed E-state index contributed by atoms with van der Waals surface area (Å²) >= 11 is 5.79. The number of nitrogens with one attached hydrogen (secondary N) is 2. The van der Waals surface area contributed by atoms with Crippen LogP contribution >= 0.6 is 11.6 Å². The number of carbonyl (C=O) groups excluding carboxylic acids is 3. The molecule has 0 bridgehead atoms. The number of ether oxygens (including phenoxy) is 1. The van der Waals surface area contributed by atoms with Crippen LogP contribution < -0.4 is 16.4 Å². The van der Waals surface area contributed by atoms with Crippen molar-refractivity contribution < 1.29 is 19.1 Å². The Morgan fingerprint density at radius 3 is 2.52 bits per heavy atom. The Morgan fingerprint density at radius 2 is 1.96 bits per heavy atom. The number of carbonyl (C=O) groups is 3. The highest BCUT2D eigenvalue weighted by Gasteiger charge is 2.19. The van der Waals surface area contributed by atoms with Gasteiger partial charge >= 0.3 is 12.0 Å². The van der Waals surface area contributed by atoms with Gasteiger partial charge in [0.2, 0.25) is 0 Å². The van der Waals surface area contributed by atoms with Crippen LogP contribution in [0.2, 0.25) is 5.02 Å². The van der Waals surface area contributed by atoms with E-state index in [0.29, 0.717) is 10.6 Å². The van der Waals surface area contributed by atoms with E-state index in [-0.39, 0.29) is 13.0 Å². The molecule has 1 aromatic carbocycles. The Morgan fingerprint density at radius 1 is 1.30 bits per heavy atom. The number of hydrogen-bond donors (Lipinski definition) is 3. The Hall–Kier alpha value is -2.72. The van der Waals surface area contributed by atoms with Crippen LogP contribution in [-0.4, -0.2) is 31.1 Å².